The second-order valence-corrected chi connectivity index (χ2v) is 6.39. The lowest BCUT2D eigenvalue weighted by Gasteiger charge is -2.22. The number of hydrogen-bond donors (Lipinski definition) is 1. The lowest BCUT2D eigenvalue weighted by Crippen LogP contribution is -2.40. The number of amides is 2. The summed E-state index contributed by atoms with van der Waals surface area (Å²) in [6, 6.07) is 7.56. The minimum atomic E-state index is -0.538. The summed E-state index contributed by atoms with van der Waals surface area (Å²) in [5, 5.41) is 2.75. The van der Waals surface area contributed by atoms with Crippen LogP contribution in [0.3, 0.4) is 0 Å². The van der Waals surface area contributed by atoms with E-state index >= 15 is 0 Å². The van der Waals surface area contributed by atoms with Crippen molar-refractivity contribution in [2.45, 2.75) is 45.8 Å². The molecule has 1 atom stereocenters. The van der Waals surface area contributed by atoms with E-state index in [1.165, 1.54) is 0 Å². The third kappa shape index (κ3) is 4.21. The maximum absolute atomic E-state index is 12.1. The van der Waals surface area contributed by atoms with Gasteiger partial charge in [-0.2, -0.15) is 0 Å². The fourth-order valence-corrected chi connectivity index (χ4v) is 2.25. The average Bonchev–Trinajstić information content (AvgIpc) is 2.68. The van der Waals surface area contributed by atoms with Crippen molar-refractivity contribution in [3.05, 3.63) is 29.8 Å². The Morgan fingerprint density at radius 2 is 1.90 bits per heavy atom. The van der Waals surface area contributed by atoms with Crippen molar-refractivity contribution >= 4 is 17.7 Å². The Balaban J connectivity index is 1.96. The van der Waals surface area contributed by atoms with Gasteiger partial charge in [0.1, 0.15) is 5.60 Å². The molecule has 0 unspecified atom stereocenters. The molecule has 1 aromatic carbocycles. The molecule has 1 saturated heterocycles. The number of anilines is 1. The Morgan fingerprint density at radius 1 is 1.29 bits per heavy atom. The standard InChI is InChI=1S/C16H22N2O3/c1-11-5-7-13(8-6-11)18-10-12(9-14(18)19)17-15(20)21-16(2,3)4/h5-8,12H,9-10H2,1-4H3,(H,17,20)/t12-/m1/s1. The van der Waals surface area contributed by atoms with Crippen molar-refractivity contribution < 1.29 is 14.3 Å². The van der Waals surface area contributed by atoms with Crippen molar-refractivity contribution in [1.82, 2.24) is 5.32 Å². The van der Waals surface area contributed by atoms with Gasteiger partial charge in [-0.05, 0) is 39.8 Å². The lowest BCUT2D eigenvalue weighted by molar-refractivity contribution is -0.117. The number of carbonyl (C=O) groups excluding carboxylic acids is 2. The fourth-order valence-electron chi connectivity index (χ4n) is 2.25. The highest BCUT2D eigenvalue weighted by molar-refractivity contribution is 5.96. The molecule has 2 rings (SSSR count). The van der Waals surface area contributed by atoms with Gasteiger partial charge in [-0.15, -0.1) is 0 Å². The normalized spacial score (nSPS) is 18.8. The van der Waals surface area contributed by atoms with Crippen LogP contribution in [0.1, 0.15) is 32.8 Å². The van der Waals surface area contributed by atoms with Gasteiger partial charge in [0.05, 0.1) is 6.04 Å². The van der Waals surface area contributed by atoms with Crippen LogP contribution in [0.25, 0.3) is 0 Å². The first-order chi connectivity index (χ1) is 9.74. The first-order valence-electron chi connectivity index (χ1n) is 7.11. The first kappa shape index (κ1) is 15.4. The maximum Gasteiger partial charge on any atom is 0.407 e. The van der Waals surface area contributed by atoms with E-state index in [0.29, 0.717) is 13.0 Å². The van der Waals surface area contributed by atoms with Gasteiger partial charge in [0, 0.05) is 18.7 Å². The molecule has 1 aromatic rings. The minimum Gasteiger partial charge on any atom is -0.444 e. The maximum atomic E-state index is 12.1. The highest BCUT2D eigenvalue weighted by atomic mass is 16.6. The van der Waals surface area contributed by atoms with E-state index < -0.39 is 11.7 Å². The van der Waals surface area contributed by atoms with Crippen molar-refractivity contribution in [2.24, 2.45) is 0 Å². The summed E-state index contributed by atoms with van der Waals surface area (Å²) in [5.41, 5.74) is 1.47. The molecule has 0 spiro atoms. The third-order valence-electron chi connectivity index (χ3n) is 3.19. The molecule has 21 heavy (non-hydrogen) atoms. The number of benzene rings is 1. The summed E-state index contributed by atoms with van der Waals surface area (Å²) in [6.45, 7) is 7.91. The zero-order valence-corrected chi connectivity index (χ0v) is 13.0. The van der Waals surface area contributed by atoms with Gasteiger partial charge in [-0.1, -0.05) is 17.7 Å². The molecule has 1 aliphatic heterocycles. The molecule has 114 valence electrons. The van der Waals surface area contributed by atoms with Gasteiger partial charge in [-0.3, -0.25) is 4.79 Å². The largest absolute Gasteiger partial charge is 0.444 e. The summed E-state index contributed by atoms with van der Waals surface area (Å²) in [6.07, 6.45) is -0.182. The Morgan fingerprint density at radius 3 is 2.48 bits per heavy atom. The number of nitrogens with one attached hydrogen (secondary N) is 1. The SMILES string of the molecule is Cc1ccc(N2C[C@H](NC(=O)OC(C)(C)C)CC2=O)cc1. The molecule has 0 aliphatic carbocycles. The molecule has 5 nitrogen and oxygen atoms in total. The molecule has 0 aromatic heterocycles. The van der Waals surface area contributed by atoms with Crippen LogP contribution in [0.4, 0.5) is 10.5 Å². The van der Waals surface area contributed by atoms with E-state index in [0.717, 1.165) is 11.3 Å². The third-order valence-corrected chi connectivity index (χ3v) is 3.19. The van der Waals surface area contributed by atoms with E-state index in [9.17, 15) is 9.59 Å². The smallest absolute Gasteiger partial charge is 0.407 e. The lowest BCUT2D eigenvalue weighted by atomic mass is 10.2. The summed E-state index contributed by atoms with van der Waals surface area (Å²) in [4.78, 5) is 25.5. The number of alkyl carbamates (subject to hydrolysis) is 1. The molecule has 0 bridgehead atoms. The Labute approximate surface area is 125 Å². The summed E-state index contributed by atoms with van der Waals surface area (Å²) in [5.74, 6) is 0.0138. The molecule has 1 aliphatic rings. The molecule has 0 radical (unpaired) electrons. The summed E-state index contributed by atoms with van der Waals surface area (Å²) >= 11 is 0. The number of ether oxygens (including phenoxy) is 1. The van der Waals surface area contributed by atoms with E-state index in [1.807, 2.05) is 52.0 Å². The second-order valence-electron chi connectivity index (χ2n) is 6.39. The summed E-state index contributed by atoms with van der Waals surface area (Å²) < 4.78 is 5.21. The highest BCUT2D eigenvalue weighted by Gasteiger charge is 2.32. The highest BCUT2D eigenvalue weighted by Crippen LogP contribution is 2.22. The zero-order valence-electron chi connectivity index (χ0n) is 13.0. The molecule has 1 N–H and O–H groups in total. The van der Waals surface area contributed by atoms with Crippen molar-refractivity contribution in [3.63, 3.8) is 0 Å². The van der Waals surface area contributed by atoms with Gasteiger partial charge in [0.2, 0.25) is 5.91 Å². The van der Waals surface area contributed by atoms with E-state index in [4.69, 9.17) is 4.74 Å². The predicted molar refractivity (Wildman–Crippen MR) is 81.3 cm³/mol. The molecule has 0 saturated carbocycles. The first-order valence-corrected chi connectivity index (χ1v) is 7.11. The fraction of sp³-hybridized carbons (Fsp3) is 0.500. The van der Waals surface area contributed by atoms with Crippen LogP contribution in [-0.2, 0) is 9.53 Å². The van der Waals surface area contributed by atoms with E-state index in [2.05, 4.69) is 5.32 Å². The van der Waals surface area contributed by atoms with Crippen LogP contribution >= 0.6 is 0 Å². The molecular formula is C16H22N2O3. The van der Waals surface area contributed by atoms with Crippen LogP contribution in [-0.4, -0.2) is 30.2 Å². The van der Waals surface area contributed by atoms with Crippen LogP contribution < -0.4 is 10.2 Å². The summed E-state index contributed by atoms with van der Waals surface area (Å²) in [7, 11) is 0. The Kier molecular flexibility index (Phi) is 4.21. The minimum absolute atomic E-state index is 0.0138. The van der Waals surface area contributed by atoms with Crippen LogP contribution in [0, 0.1) is 6.92 Å². The molecule has 2 amide bonds. The van der Waals surface area contributed by atoms with Gasteiger partial charge >= 0.3 is 6.09 Å². The predicted octanol–water partition coefficient (Wildman–Crippen LogP) is 2.63. The number of nitrogens with zero attached hydrogens (tertiary/aromatic N) is 1. The van der Waals surface area contributed by atoms with Gasteiger partial charge in [0.25, 0.3) is 0 Å². The van der Waals surface area contributed by atoms with E-state index in [-0.39, 0.29) is 11.9 Å². The molecule has 5 heteroatoms. The van der Waals surface area contributed by atoms with Crippen LogP contribution in [0.5, 0.6) is 0 Å². The molecule has 1 heterocycles. The number of hydrogen-bond acceptors (Lipinski definition) is 3. The second kappa shape index (κ2) is 5.76. The van der Waals surface area contributed by atoms with Crippen molar-refractivity contribution in [3.8, 4) is 0 Å². The van der Waals surface area contributed by atoms with E-state index in [1.54, 1.807) is 4.90 Å². The monoisotopic (exact) mass is 290 g/mol. The quantitative estimate of drug-likeness (QED) is 0.911. The van der Waals surface area contributed by atoms with Gasteiger partial charge in [-0.25, -0.2) is 4.79 Å². The molecule has 1 fully saturated rings. The topological polar surface area (TPSA) is 58.6 Å². The van der Waals surface area contributed by atoms with Crippen LogP contribution in [0.15, 0.2) is 24.3 Å². The van der Waals surface area contributed by atoms with Crippen LogP contribution in [0.2, 0.25) is 0 Å². The Hall–Kier alpha value is -2.04. The average molecular weight is 290 g/mol. The number of aryl methyl sites for hydroxylation is 1. The van der Waals surface area contributed by atoms with Gasteiger partial charge in [0.15, 0.2) is 0 Å². The molecular weight excluding hydrogens is 268 g/mol. The number of rotatable bonds is 2. The van der Waals surface area contributed by atoms with Gasteiger partial charge < -0.3 is 15.0 Å². The Bertz CT molecular complexity index is 531. The van der Waals surface area contributed by atoms with Crippen molar-refractivity contribution in [2.75, 3.05) is 11.4 Å². The number of carbonyl (C=O) groups is 2. The zero-order chi connectivity index (χ0) is 15.6. The van der Waals surface area contributed by atoms with Crippen molar-refractivity contribution in [1.29, 1.82) is 0 Å².